The van der Waals surface area contributed by atoms with Gasteiger partial charge in [-0.05, 0) is 49.2 Å². The van der Waals surface area contributed by atoms with Gasteiger partial charge in [0.05, 0.1) is 57.0 Å². The molecule has 3 heterocycles. The lowest BCUT2D eigenvalue weighted by Crippen LogP contribution is -2.70. The highest BCUT2D eigenvalue weighted by atomic mass is 35.5. The second kappa shape index (κ2) is 9.13. The minimum absolute atomic E-state index is 0.123. The van der Waals surface area contributed by atoms with Crippen LogP contribution in [0.1, 0.15) is 11.1 Å². The number of halogens is 2. The molecular formula is C22H24Cl2N2O8S4. The predicted molar refractivity (Wildman–Crippen MR) is 143 cm³/mol. The van der Waals surface area contributed by atoms with E-state index in [1.165, 1.54) is 50.2 Å². The van der Waals surface area contributed by atoms with Crippen LogP contribution in [0.25, 0.3) is 0 Å². The molecule has 3 fully saturated rings. The van der Waals surface area contributed by atoms with Gasteiger partial charge in [0.1, 0.15) is 0 Å². The lowest BCUT2D eigenvalue weighted by Gasteiger charge is -2.49. The van der Waals surface area contributed by atoms with Crippen molar-refractivity contribution in [1.29, 1.82) is 0 Å². The molecule has 2 aromatic carbocycles. The Hall–Kier alpha value is -1.26. The van der Waals surface area contributed by atoms with E-state index in [4.69, 9.17) is 23.2 Å². The molecule has 3 aliphatic rings. The number of aryl methyl sites for hydroxylation is 2. The molecule has 0 saturated carbocycles. The van der Waals surface area contributed by atoms with Crippen molar-refractivity contribution in [2.45, 2.75) is 47.8 Å². The monoisotopic (exact) mass is 642 g/mol. The molecule has 0 aliphatic carbocycles. The van der Waals surface area contributed by atoms with Crippen molar-refractivity contribution >= 4 is 62.9 Å². The van der Waals surface area contributed by atoms with Crippen molar-refractivity contribution in [2.75, 3.05) is 23.0 Å². The zero-order chi connectivity index (χ0) is 28.0. The second-order valence-corrected chi connectivity index (χ2v) is 18.7. The molecule has 0 N–H and O–H groups in total. The molecule has 0 unspecified atom stereocenters. The molecule has 0 bridgehead atoms. The first-order valence-corrected chi connectivity index (χ1v) is 18.7. The van der Waals surface area contributed by atoms with E-state index in [0.29, 0.717) is 11.1 Å². The van der Waals surface area contributed by atoms with Gasteiger partial charge in [0, 0.05) is 10.0 Å². The molecule has 0 aromatic heterocycles. The standard InChI is InChI=1S/C22H24Cl2N2O8S4/c1-13-3-5-15(23)7-21(13)37(31,32)25-17-9-35(27,28)11-19(17)26(20-12-36(29,30)10-18(20)25)38(33,34)22-8-16(24)6-4-14(22)2/h3-8,17-20H,9-12H2,1-2H3/t17-,18-,19-,20+/m1/s1. The Morgan fingerprint density at radius 1 is 0.632 bits per heavy atom. The summed E-state index contributed by atoms with van der Waals surface area (Å²) in [6, 6.07) is 3.06. The maximum Gasteiger partial charge on any atom is 0.244 e. The Labute approximate surface area is 232 Å². The van der Waals surface area contributed by atoms with Gasteiger partial charge in [-0.15, -0.1) is 0 Å². The van der Waals surface area contributed by atoms with Crippen LogP contribution in [-0.4, -0.2) is 89.5 Å². The van der Waals surface area contributed by atoms with Crippen molar-refractivity contribution in [3.8, 4) is 0 Å². The Kier molecular flexibility index (Phi) is 6.79. The molecule has 0 radical (unpaired) electrons. The van der Waals surface area contributed by atoms with E-state index in [-0.39, 0.29) is 19.8 Å². The van der Waals surface area contributed by atoms with Gasteiger partial charge in [-0.2, -0.15) is 8.61 Å². The summed E-state index contributed by atoms with van der Waals surface area (Å²) in [7, 11) is -16.8. The topological polar surface area (TPSA) is 143 Å². The van der Waals surface area contributed by atoms with E-state index >= 15 is 0 Å². The smallest absolute Gasteiger partial charge is 0.229 e. The van der Waals surface area contributed by atoms with Crippen LogP contribution < -0.4 is 0 Å². The molecule has 0 spiro atoms. The van der Waals surface area contributed by atoms with Crippen LogP contribution in [0.3, 0.4) is 0 Å². The Morgan fingerprint density at radius 3 is 1.21 bits per heavy atom. The Balaban J connectivity index is 1.75. The van der Waals surface area contributed by atoms with Crippen LogP contribution in [0, 0.1) is 13.8 Å². The van der Waals surface area contributed by atoms with Crippen molar-refractivity contribution in [3.05, 3.63) is 57.6 Å². The molecule has 0 amide bonds. The molecule has 208 valence electrons. The SMILES string of the molecule is Cc1ccc(Cl)cc1S(=O)(=O)N1[C@@H]2CS(=O)(=O)C[C@H]2N(S(=O)(=O)c2cc(Cl)ccc2C)[C@H]2CS(=O)(=O)C[C@H]21. The van der Waals surface area contributed by atoms with E-state index in [9.17, 15) is 33.7 Å². The van der Waals surface area contributed by atoms with Crippen LogP contribution in [-0.2, 0) is 39.7 Å². The summed E-state index contributed by atoms with van der Waals surface area (Å²) in [4.78, 5) is -0.392. The third-order valence-electron chi connectivity index (χ3n) is 7.31. The molecule has 16 heteroatoms. The lowest BCUT2D eigenvalue weighted by atomic mass is 10.0. The van der Waals surface area contributed by atoms with E-state index in [2.05, 4.69) is 0 Å². The first kappa shape index (κ1) is 28.3. The molecule has 3 saturated heterocycles. The van der Waals surface area contributed by atoms with Crippen molar-refractivity contribution in [1.82, 2.24) is 8.61 Å². The molecule has 3 aliphatic heterocycles. The number of hydrogen-bond acceptors (Lipinski definition) is 8. The van der Waals surface area contributed by atoms with Gasteiger partial charge < -0.3 is 0 Å². The zero-order valence-electron chi connectivity index (χ0n) is 20.2. The van der Waals surface area contributed by atoms with E-state index in [0.717, 1.165) is 8.61 Å². The Bertz CT molecular complexity index is 1610. The zero-order valence-corrected chi connectivity index (χ0v) is 24.9. The third-order valence-corrected chi connectivity index (χ3v) is 15.4. The van der Waals surface area contributed by atoms with Crippen LogP contribution in [0.15, 0.2) is 46.2 Å². The summed E-state index contributed by atoms with van der Waals surface area (Å²) in [6.07, 6.45) is 0. The quantitative estimate of drug-likeness (QED) is 0.490. The highest BCUT2D eigenvalue weighted by molar-refractivity contribution is 7.93. The second-order valence-electron chi connectivity index (χ2n) is 9.91. The van der Waals surface area contributed by atoms with Gasteiger partial charge in [-0.3, -0.25) is 0 Å². The van der Waals surface area contributed by atoms with Crippen molar-refractivity contribution in [2.24, 2.45) is 0 Å². The summed E-state index contributed by atoms with van der Waals surface area (Å²) < 4.78 is 110. The fraction of sp³-hybridized carbons (Fsp3) is 0.455. The van der Waals surface area contributed by atoms with Crippen molar-refractivity contribution in [3.63, 3.8) is 0 Å². The highest BCUT2D eigenvalue weighted by Gasteiger charge is 2.63. The number of fused-ring (bicyclic) bond motifs is 2. The molecule has 5 rings (SSSR count). The molecular weight excluding hydrogens is 619 g/mol. The highest BCUT2D eigenvalue weighted by Crippen LogP contribution is 2.44. The van der Waals surface area contributed by atoms with Gasteiger partial charge in [-0.1, -0.05) is 35.3 Å². The van der Waals surface area contributed by atoms with Crippen LogP contribution in [0.2, 0.25) is 10.0 Å². The fourth-order valence-corrected chi connectivity index (χ4v) is 14.7. The first-order chi connectivity index (χ1) is 17.4. The van der Waals surface area contributed by atoms with E-state index < -0.39 is 86.9 Å². The van der Waals surface area contributed by atoms with Gasteiger partial charge >= 0.3 is 0 Å². The minimum Gasteiger partial charge on any atom is -0.229 e. The maximum absolute atomic E-state index is 14.1. The number of hydrogen-bond donors (Lipinski definition) is 0. The number of piperazine rings is 1. The van der Waals surface area contributed by atoms with Crippen LogP contribution in [0.4, 0.5) is 0 Å². The minimum atomic E-state index is -4.49. The largest absolute Gasteiger partial charge is 0.244 e. The molecule has 10 nitrogen and oxygen atoms in total. The normalized spacial score (nSPS) is 29.2. The third kappa shape index (κ3) is 4.60. The van der Waals surface area contributed by atoms with Crippen molar-refractivity contribution < 1.29 is 33.7 Å². The average Bonchev–Trinajstić information content (AvgIpc) is 3.26. The van der Waals surface area contributed by atoms with Gasteiger partial charge in [0.25, 0.3) is 0 Å². The number of rotatable bonds is 4. The molecule has 38 heavy (non-hydrogen) atoms. The predicted octanol–water partition coefficient (Wildman–Crippen LogP) is 1.64. The number of benzene rings is 2. The van der Waals surface area contributed by atoms with Gasteiger partial charge in [0.2, 0.25) is 20.0 Å². The number of nitrogens with zero attached hydrogens (tertiary/aromatic N) is 2. The summed E-state index contributed by atoms with van der Waals surface area (Å²) in [5.74, 6) is -2.61. The van der Waals surface area contributed by atoms with Crippen LogP contribution in [0.5, 0.6) is 0 Å². The van der Waals surface area contributed by atoms with E-state index in [1.54, 1.807) is 0 Å². The lowest BCUT2D eigenvalue weighted by molar-refractivity contribution is 0.0841. The first-order valence-electron chi connectivity index (χ1n) is 11.4. The summed E-state index contributed by atoms with van der Waals surface area (Å²) in [6.45, 7) is 3.08. The molecule has 2 aromatic rings. The maximum atomic E-state index is 14.1. The number of sulfone groups is 2. The Morgan fingerprint density at radius 2 is 0.921 bits per heavy atom. The van der Waals surface area contributed by atoms with Gasteiger partial charge in [-0.25, -0.2) is 33.7 Å². The van der Waals surface area contributed by atoms with Crippen LogP contribution >= 0.6 is 23.2 Å². The summed E-state index contributed by atoms with van der Waals surface area (Å²) >= 11 is 12.2. The number of sulfonamides is 2. The van der Waals surface area contributed by atoms with Gasteiger partial charge in [0.15, 0.2) is 19.7 Å². The van der Waals surface area contributed by atoms with E-state index in [1.807, 2.05) is 0 Å². The average molecular weight is 644 g/mol. The summed E-state index contributed by atoms with van der Waals surface area (Å²) in [5.41, 5.74) is 0.655. The fourth-order valence-electron chi connectivity index (χ4n) is 5.73. The molecule has 4 atom stereocenters. The summed E-state index contributed by atoms with van der Waals surface area (Å²) in [5, 5.41) is 0.246.